The molecule has 21 heavy (non-hydrogen) atoms. The quantitative estimate of drug-likeness (QED) is 0.836. The molecule has 2 aliphatic carbocycles. The Labute approximate surface area is 129 Å². The molecule has 2 N–H and O–H groups in total. The predicted octanol–water partition coefficient (Wildman–Crippen LogP) is 4.81. The van der Waals surface area contributed by atoms with Crippen molar-refractivity contribution in [1.82, 2.24) is 5.32 Å². The predicted molar refractivity (Wildman–Crippen MR) is 87.8 cm³/mol. The van der Waals surface area contributed by atoms with E-state index in [9.17, 15) is 5.11 Å². The van der Waals surface area contributed by atoms with Gasteiger partial charge in [-0.15, -0.1) is 0 Å². The number of hydrogen-bond donors (Lipinski definition) is 2. The SMILES string of the molecule is CCC1CCCCC1NC1CC(C)c2c(C)ccc(O)c21. The molecule has 0 bridgehead atoms. The van der Waals surface area contributed by atoms with Crippen LogP contribution in [-0.4, -0.2) is 11.1 Å². The molecular formula is C19H29NO. The Morgan fingerprint density at radius 2 is 1.95 bits per heavy atom. The van der Waals surface area contributed by atoms with Crippen LogP contribution in [0.25, 0.3) is 0 Å². The van der Waals surface area contributed by atoms with Gasteiger partial charge < -0.3 is 10.4 Å². The van der Waals surface area contributed by atoms with Gasteiger partial charge >= 0.3 is 0 Å². The van der Waals surface area contributed by atoms with Crippen molar-refractivity contribution in [2.75, 3.05) is 0 Å². The van der Waals surface area contributed by atoms with Crippen molar-refractivity contribution in [1.29, 1.82) is 0 Å². The van der Waals surface area contributed by atoms with E-state index in [1.54, 1.807) is 0 Å². The number of phenols is 1. The highest BCUT2D eigenvalue weighted by Gasteiger charge is 2.35. The van der Waals surface area contributed by atoms with E-state index in [1.165, 1.54) is 48.8 Å². The van der Waals surface area contributed by atoms with Crippen LogP contribution in [0.2, 0.25) is 0 Å². The third kappa shape index (κ3) is 2.70. The van der Waals surface area contributed by atoms with Crippen LogP contribution in [-0.2, 0) is 0 Å². The summed E-state index contributed by atoms with van der Waals surface area (Å²) >= 11 is 0. The van der Waals surface area contributed by atoms with Crippen molar-refractivity contribution >= 4 is 0 Å². The smallest absolute Gasteiger partial charge is 0.120 e. The van der Waals surface area contributed by atoms with Gasteiger partial charge in [0.15, 0.2) is 0 Å². The van der Waals surface area contributed by atoms with E-state index in [0.29, 0.717) is 23.8 Å². The summed E-state index contributed by atoms with van der Waals surface area (Å²) in [5.74, 6) is 1.85. The van der Waals surface area contributed by atoms with Crippen LogP contribution >= 0.6 is 0 Å². The van der Waals surface area contributed by atoms with Gasteiger partial charge in [-0.3, -0.25) is 0 Å². The monoisotopic (exact) mass is 287 g/mol. The Balaban J connectivity index is 1.84. The third-order valence-electron chi connectivity index (χ3n) is 5.76. The standard InChI is InChI=1S/C19H29NO/c1-4-14-7-5-6-8-15(14)20-16-11-13(3)18-12(2)9-10-17(21)19(16)18/h9-10,13-16,20-21H,4-8,11H2,1-3H3. The summed E-state index contributed by atoms with van der Waals surface area (Å²) in [5, 5.41) is 14.3. The van der Waals surface area contributed by atoms with Crippen LogP contribution in [0.15, 0.2) is 12.1 Å². The average molecular weight is 287 g/mol. The summed E-state index contributed by atoms with van der Waals surface area (Å²) < 4.78 is 0. The van der Waals surface area contributed by atoms with E-state index in [0.717, 1.165) is 12.3 Å². The molecule has 0 saturated heterocycles. The van der Waals surface area contributed by atoms with E-state index in [-0.39, 0.29) is 0 Å². The molecule has 3 rings (SSSR count). The summed E-state index contributed by atoms with van der Waals surface area (Å²) in [6.07, 6.45) is 7.80. The normalized spacial score (nSPS) is 32.1. The molecule has 1 saturated carbocycles. The highest BCUT2D eigenvalue weighted by Crippen LogP contribution is 2.46. The van der Waals surface area contributed by atoms with Crippen molar-refractivity contribution in [2.24, 2.45) is 5.92 Å². The second kappa shape index (κ2) is 6.00. The van der Waals surface area contributed by atoms with Gasteiger partial charge in [-0.1, -0.05) is 39.2 Å². The molecular weight excluding hydrogens is 258 g/mol. The molecule has 2 nitrogen and oxygen atoms in total. The van der Waals surface area contributed by atoms with Gasteiger partial charge in [-0.2, -0.15) is 0 Å². The zero-order valence-corrected chi connectivity index (χ0v) is 13.7. The van der Waals surface area contributed by atoms with E-state index >= 15 is 0 Å². The highest BCUT2D eigenvalue weighted by molar-refractivity contribution is 5.50. The number of aryl methyl sites for hydroxylation is 1. The van der Waals surface area contributed by atoms with Crippen molar-refractivity contribution in [2.45, 2.75) is 77.3 Å². The lowest BCUT2D eigenvalue weighted by Gasteiger charge is -2.34. The zero-order chi connectivity index (χ0) is 15.0. The number of hydrogen-bond acceptors (Lipinski definition) is 2. The van der Waals surface area contributed by atoms with Crippen LogP contribution in [0, 0.1) is 12.8 Å². The van der Waals surface area contributed by atoms with Crippen LogP contribution in [0.3, 0.4) is 0 Å². The maximum atomic E-state index is 10.4. The first-order valence-electron chi connectivity index (χ1n) is 8.70. The zero-order valence-electron chi connectivity index (χ0n) is 13.7. The van der Waals surface area contributed by atoms with Gasteiger partial charge in [-0.25, -0.2) is 0 Å². The van der Waals surface area contributed by atoms with Gasteiger partial charge in [0.25, 0.3) is 0 Å². The lowest BCUT2D eigenvalue weighted by molar-refractivity contribution is 0.233. The van der Waals surface area contributed by atoms with Crippen LogP contribution < -0.4 is 5.32 Å². The molecule has 1 aromatic carbocycles. The van der Waals surface area contributed by atoms with Crippen molar-refractivity contribution in [3.05, 3.63) is 28.8 Å². The number of aromatic hydroxyl groups is 1. The molecule has 0 heterocycles. The summed E-state index contributed by atoms with van der Waals surface area (Å²) in [5.41, 5.74) is 3.90. The van der Waals surface area contributed by atoms with Crippen molar-refractivity contribution < 1.29 is 5.11 Å². The Kier molecular flexibility index (Phi) is 4.26. The van der Waals surface area contributed by atoms with Crippen LogP contribution in [0.5, 0.6) is 5.75 Å². The van der Waals surface area contributed by atoms with Crippen LogP contribution in [0.4, 0.5) is 0 Å². The molecule has 0 aromatic heterocycles. The molecule has 0 amide bonds. The van der Waals surface area contributed by atoms with Gasteiger partial charge in [0, 0.05) is 17.6 Å². The molecule has 0 aliphatic heterocycles. The fourth-order valence-electron chi connectivity index (χ4n) is 4.67. The molecule has 1 aromatic rings. The van der Waals surface area contributed by atoms with E-state index < -0.39 is 0 Å². The Hall–Kier alpha value is -1.02. The number of rotatable bonds is 3. The minimum atomic E-state index is 0.340. The first kappa shape index (κ1) is 14.9. The summed E-state index contributed by atoms with van der Waals surface area (Å²) in [6.45, 7) is 6.79. The second-order valence-electron chi connectivity index (χ2n) is 7.14. The van der Waals surface area contributed by atoms with Crippen molar-refractivity contribution in [3.63, 3.8) is 0 Å². The summed E-state index contributed by atoms with van der Waals surface area (Å²) in [7, 11) is 0. The molecule has 4 unspecified atom stereocenters. The van der Waals surface area contributed by atoms with Gasteiger partial charge in [0.2, 0.25) is 0 Å². The lowest BCUT2D eigenvalue weighted by Crippen LogP contribution is -2.40. The van der Waals surface area contributed by atoms with E-state index in [1.807, 2.05) is 6.07 Å². The number of fused-ring (bicyclic) bond motifs is 1. The van der Waals surface area contributed by atoms with Crippen molar-refractivity contribution in [3.8, 4) is 5.75 Å². The fourth-order valence-corrected chi connectivity index (χ4v) is 4.67. The van der Waals surface area contributed by atoms with E-state index in [2.05, 4.69) is 32.2 Å². The molecule has 0 spiro atoms. The van der Waals surface area contributed by atoms with Gasteiger partial charge in [0.1, 0.15) is 5.75 Å². The largest absolute Gasteiger partial charge is 0.508 e. The Morgan fingerprint density at radius 1 is 1.19 bits per heavy atom. The highest BCUT2D eigenvalue weighted by atomic mass is 16.3. The summed E-state index contributed by atoms with van der Waals surface area (Å²) in [6, 6.07) is 4.90. The first-order chi connectivity index (χ1) is 10.1. The molecule has 2 aliphatic rings. The Morgan fingerprint density at radius 3 is 2.71 bits per heavy atom. The number of nitrogens with one attached hydrogen (secondary N) is 1. The maximum absolute atomic E-state index is 10.4. The lowest BCUT2D eigenvalue weighted by atomic mass is 9.82. The van der Waals surface area contributed by atoms with Gasteiger partial charge in [-0.05, 0) is 55.2 Å². The molecule has 2 heteroatoms. The second-order valence-corrected chi connectivity index (χ2v) is 7.14. The minimum Gasteiger partial charge on any atom is -0.508 e. The Bertz CT molecular complexity index is 511. The van der Waals surface area contributed by atoms with Gasteiger partial charge in [0.05, 0.1) is 0 Å². The fraction of sp³-hybridized carbons (Fsp3) is 0.684. The minimum absolute atomic E-state index is 0.340. The van der Waals surface area contributed by atoms with E-state index in [4.69, 9.17) is 0 Å². The number of benzene rings is 1. The molecule has 1 fully saturated rings. The molecule has 0 radical (unpaired) electrons. The topological polar surface area (TPSA) is 32.3 Å². The third-order valence-corrected chi connectivity index (χ3v) is 5.76. The molecule has 4 atom stereocenters. The average Bonchev–Trinajstić information content (AvgIpc) is 2.81. The van der Waals surface area contributed by atoms with Crippen LogP contribution in [0.1, 0.15) is 81.0 Å². The number of phenolic OH excluding ortho intramolecular Hbond substituents is 1. The maximum Gasteiger partial charge on any atom is 0.120 e. The molecule has 116 valence electrons. The first-order valence-corrected chi connectivity index (χ1v) is 8.70. The summed E-state index contributed by atoms with van der Waals surface area (Å²) in [4.78, 5) is 0.